The second-order valence-electron chi connectivity index (χ2n) is 6.87. The highest BCUT2D eigenvalue weighted by molar-refractivity contribution is 5.45. The van der Waals surface area contributed by atoms with Gasteiger partial charge in [-0.25, -0.2) is 0 Å². The van der Waals surface area contributed by atoms with E-state index in [0.717, 1.165) is 24.6 Å². The molecule has 4 heteroatoms. The van der Waals surface area contributed by atoms with Crippen LogP contribution in [0.3, 0.4) is 0 Å². The van der Waals surface area contributed by atoms with Crippen LogP contribution in [-0.4, -0.2) is 37.9 Å². The summed E-state index contributed by atoms with van der Waals surface area (Å²) in [4.78, 5) is 2.57. The lowest BCUT2D eigenvalue weighted by molar-refractivity contribution is 0.174. The van der Waals surface area contributed by atoms with Crippen LogP contribution in [-0.2, 0) is 0 Å². The van der Waals surface area contributed by atoms with Crippen LogP contribution >= 0.6 is 0 Å². The third-order valence-corrected chi connectivity index (χ3v) is 4.45. The van der Waals surface area contributed by atoms with Gasteiger partial charge in [0, 0.05) is 19.1 Å². The van der Waals surface area contributed by atoms with E-state index in [0.29, 0.717) is 18.2 Å². The lowest BCUT2D eigenvalue weighted by Crippen LogP contribution is -2.34. The van der Waals surface area contributed by atoms with Gasteiger partial charge in [0.1, 0.15) is 0 Å². The van der Waals surface area contributed by atoms with Gasteiger partial charge in [-0.15, -0.1) is 0 Å². The zero-order chi connectivity index (χ0) is 14.9. The number of likely N-dealkylation sites (N-methyl/N-ethyl adjacent to an activating group) is 1. The Morgan fingerprint density at radius 2 is 2.10 bits per heavy atom. The third-order valence-electron chi connectivity index (χ3n) is 4.45. The van der Waals surface area contributed by atoms with E-state index < -0.39 is 0 Å². The van der Waals surface area contributed by atoms with Gasteiger partial charge in [-0.05, 0) is 42.6 Å². The second kappa shape index (κ2) is 5.85. The fourth-order valence-corrected chi connectivity index (χ4v) is 3.30. The van der Waals surface area contributed by atoms with Gasteiger partial charge in [-0.3, -0.25) is 0 Å². The molecule has 2 aliphatic rings. The Bertz CT molecular complexity index is 502. The van der Waals surface area contributed by atoms with Crippen molar-refractivity contribution >= 4 is 0 Å². The van der Waals surface area contributed by atoms with E-state index in [-0.39, 0.29) is 0 Å². The molecule has 0 saturated carbocycles. The molecule has 1 aromatic carbocycles. The van der Waals surface area contributed by atoms with Crippen molar-refractivity contribution < 1.29 is 9.47 Å². The highest BCUT2D eigenvalue weighted by atomic mass is 16.7. The molecule has 3 rings (SSSR count). The molecule has 0 aliphatic carbocycles. The van der Waals surface area contributed by atoms with Crippen molar-refractivity contribution in [2.45, 2.75) is 33.2 Å². The van der Waals surface area contributed by atoms with Gasteiger partial charge >= 0.3 is 0 Å². The lowest BCUT2D eigenvalue weighted by atomic mass is 9.93. The number of likely N-dealkylation sites (tertiary alicyclic amines) is 1. The van der Waals surface area contributed by atoms with Crippen LogP contribution in [0.25, 0.3) is 0 Å². The van der Waals surface area contributed by atoms with Crippen LogP contribution in [0.2, 0.25) is 0 Å². The van der Waals surface area contributed by atoms with Crippen LogP contribution in [0, 0.1) is 5.41 Å². The SMILES string of the molecule is CCNC(CN1CCC(C)(C)C1)c1ccc2c(c1)OCO2. The molecular weight excluding hydrogens is 264 g/mol. The first-order chi connectivity index (χ1) is 10.1. The predicted molar refractivity (Wildman–Crippen MR) is 83.8 cm³/mol. The zero-order valence-electron chi connectivity index (χ0n) is 13.3. The monoisotopic (exact) mass is 290 g/mol. The minimum atomic E-state index is 0.338. The second-order valence-corrected chi connectivity index (χ2v) is 6.87. The predicted octanol–water partition coefficient (Wildman–Crippen LogP) is 2.80. The molecule has 0 spiro atoms. The van der Waals surface area contributed by atoms with Crippen molar-refractivity contribution in [1.29, 1.82) is 0 Å². The number of rotatable bonds is 5. The summed E-state index contributed by atoms with van der Waals surface area (Å²) >= 11 is 0. The lowest BCUT2D eigenvalue weighted by Gasteiger charge is -2.26. The fraction of sp³-hybridized carbons (Fsp3) is 0.647. The number of hydrogen-bond donors (Lipinski definition) is 1. The van der Waals surface area contributed by atoms with Crippen molar-refractivity contribution in [3.8, 4) is 11.5 Å². The molecule has 116 valence electrons. The number of benzene rings is 1. The van der Waals surface area contributed by atoms with E-state index in [2.05, 4.69) is 43.1 Å². The van der Waals surface area contributed by atoms with Crippen molar-refractivity contribution in [2.24, 2.45) is 5.41 Å². The van der Waals surface area contributed by atoms with Crippen molar-refractivity contribution in [3.05, 3.63) is 23.8 Å². The van der Waals surface area contributed by atoms with Crippen LogP contribution in [0.4, 0.5) is 0 Å². The molecule has 2 heterocycles. The number of fused-ring (bicyclic) bond motifs is 1. The van der Waals surface area contributed by atoms with E-state index in [4.69, 9.17) is 9.47 Å². The summed E-state index contributed by atoms with van der Waals surface area (Å²) in [5.41, 5.74) is 1.73. The third kappa shape index (κ3) is 3.33. The van der Waals surface area contributed by atoms with Gasteiger partial charge < -0.3 is 19.7 Å². The van der Waals surface area contributed by atoms with E-state index >= 15 is 0 Å². The number of ether oxygens (including phenoxy) is 2. The topological polar surface area (TPSA) is 33.7 Å². The van der Waals surface area contributed by atoms with Gasteiger partial charge in [0.15, 0.2) is 11.5 Å². The Morgan fingerprint density at radius 3 is 2.81 bits per heavy atom. The molecule has 21 heavy (non-hydrogen) atoms. The Hall–Kier alpha value is -1.26. The maximum Gasteiger partial charge on any atom is 0.231 e. The summed E-state index contributed by atoms with van der Waals surface area (Å²) in [6, 6.07) is 6.65. The molecule has 0 aromatic heterocycles. The minimum absolute atomic E-state index is 0.338. The molecule has 1 N–H and O–H groups in total. The molecule has 1 fully saturated rings. The molecular formula is C17H26N2O2. The standard InChI is InChI=1S/C17H26N2O2/c1-4-18-14(10-19-8-7-17(2,3)11-19)13-5-6-15-16(9-13)21-12-20-15/h5-6,9,14,18H,4,7-8,10-12H2,1-3H3. The highest BCUT2D eigenvalue weighted by Gasteiger charge is 2.30. The molecule has 0 radical (unpaired) electrons. The Morgan fingerprint density at radius 1 is 1.29 bits per heavy atom. The summed E-state index contributed by atoms with van der Waals surface area (Å²) in [6.07, 6.45) is 1.28. The van der Waals surface area contributed by atoms with Crippen molar-refractivity contribution in [3.63, 3.8) is 0 Å². The molecule has 4 nitrogen and oxygen atoms in total. The van der Waals surface area contributed by atoms with E-state index in [1.807, 2.05) is 6.07 Å². The molecule has 1 aromatic rings. The summed E-state index contributed by atoms with van der Waals surface area (Å²) in [5, 5.41) is 3.61. The Kier molecular flexibility index (Phi) is 4.09. The fourth-order valence-electron chi connectivity index (χ4n) is 3.30. The molecule has 0 bridgehead atoms. The minimum Gasteiger partial charge on any atom is -0.454 e. The normalized spacial score (nSPS) is 21.7. The summed E-state index contributed by atoms with van der Waals surface area (Å²) in [5.74, 6) is 1.73. The van der Waals surface area contributed by atoms with E-state index in [9.17, 15) is 0 Å². The van der Waals surface area contributed by atoms with Gasteiger partial charge in [0.25, 0.3) is 0 Å². The van der Waals surface area contributed by atoms with Gasteiger partial charge in [-0.1, -0.05) is 26.8 Å². The number of hydrogen-bond acceptors (Lipinski definition) is 4. The van der Waals surface area contributed by atoms with Crippen LogP contribution in [0.15, 0.2) is 18.2 Å². The first-order valence-electron chi connectivity index (χ1n) is 7.93. The van der Waals surface area contributed by atoms with E-state index in [1.54, 1.807) is 0 Å². The van der Waals surface area contributed by atoms with Crippen LogP contribution in [0.1, 0.15) is 38.8 Å². The highest BCUT2D eigenvalue weighted by Crippen LogP contribution is 2.35. The molecule has 1 unspecified atom stereocenters. The van der Waals surface area contributed by atoms with Crippen LogP contribution < -0.4 is 14.8 Å². The van der Waals surface area contributed by atoms with Crippen LogP contribution in [0.5, 0.6) is 11.5 Å². The van der Waals surface area contributed by atoms with Crippen molar-refractivity contribution in [2.75, 3.05) is 33.0 Å². The average molecular weight is 290 g/mol. The summed E-state index contributed by atoms with van der Waals surface area (Å²) < 4.78 is 10.9. The largest absolute Gasteiger partial charge is 0.454 e. The average Bonchev–Trinajstić information content (AvgIpc) is 3.03. The maximum absolute atomic E-state index is 5.51. The molecule has 1 saturated heterocycles. The maximum atomic E-state index is 5.51. The number of nitrogens with one attached hydrogen (secondary N) is 1. The Balaban J connectivity index is 1.72. The van der Waals surface area contributed by atoms with Gasteiger partial charge in [-0.2, -0.15) is 0 Å². The van der Waals surface area contributed by atoms with Gasteiger partial charge in [0.05, 0.1) is 0 Å². The quantitative estimate of drug-likeness (QED) is 0.904. The first kappa shape index (κ1) is 14.7. The molecule has 1 atom stereocenters. The Labute approximate surface area is 127 Å². The van der Waals surface area contributed by atoms with E-state index in [1.165, 1.54) is 25.1 Å². The van der Waals surface area contributed by atoms with Crippen molar-refractivity contribution in [1.82, 2.24) is 10.2 Å². The summed E-state index contributed by atoms with van der Waals surface area (Å²) in [7, 11) is 0. The first-order valence-corrected chi connectivity index (χ1v) is 7.93. The molecule has 2 aliphatic heterocycles. The zero-order valence-corrected chi connectivity index (χ0v) is 13.3. The number of nitrogens with zero attached hydrogens (tertiary/aromatic N) is 1. The molecule has 0 amide bonds. The van der Waals surface area contributed by atoms with Gasteiger partial charge in [0.2, 0.25) is 6.79 Å². The summed E-state index contributed by atoms with van der Waals surface area (Å²) in [6.45, 7) is 11.6. The smallest absolute Gasteiger partial charge is 0.231 e.